The van der Waals surface area contributed by atoms with Crippen LogP contribution < -0.4 is 0 Å². The van der Waals surface area contributed by atoms with Crippen LogP contribution in [0.4, 0.5) is 0 Å². The standard InChI is InChI=1S/C16H26O5/c1-3-13-14(7-5-9-19-13)21-16(18)11(2)10-15-12(17)6-4-8-20-15/h3,11-15,17H,1,4-10H2,2H3/t11-,12-,13-,14+,15+/m1/s1. The summed E-state index contributed by atoms with van der Waals surface area (Å²) in [6.45, 7) is 6.87. The van der Waals surface area contributed by atoms with E-state index in [0.29, 0.717) is 19.6 Å². The summed E-state index contributed by atoms with van der Waals surface area (Å²) in [5, 5.41) is 9.89. The van der Waals surface area contributed by atoms with Crippen LogP contribution in [-0.2, 0) is 19.0 Å². The third-order valence-corrected chi connectivity index (χ3v) is 4.20. The Labute approximate surface area is 126 Å². The van der Waals surface area contributed by atoms with Gasteiger partial charge in [-0.25, -0.2) is 0 Å². The van der Waals surface area contributed by atoms with Gasteiger partial charge in [0.15, 0.2) is 0 Å². The molecule has 0 radical (unpaired) electrons. The number of hydrogen-bond acceptors (Lipinski definition) is 5. The van der Waals surface area contributed by atoms with E-state index < -0.39 is 6.10 Å². The summed E-state index contributed by atoms with van der Waals surface area (Å²) < 4.78 is 16.6. The fraction of sp³-hybridized carbons (Fsp3) is 0.812. The first kappa shape index (κ1) is 16.5. The summed E-state index contributed by atoms with van der Waals surface area (Å²) in [5.41, 5.74) is 0. The van der Waals surface area contributed by atoms with Crippen molar-refractivity contribution < 1.29 is 24.1 Å². The molecule has 120 valence electrons. The molecule has 0 spiro atoms. The van der Waals surface area contributed by atoms with E-state index in [1.807, 2.05) is 6.92 Å². The monoisotopic (exact) mass is 298 g/mol. The molecule has 2 heterocycles. The number of ether oxygens (including phenoxy) is 3. The molecule has 5 atom stereocenters. The van der Waals surface area contributed by atoms with Gasteiger partial charge in [0.1, 0.15) is 12.2 Å². The fourth-order valence-electron chi connectivity index (χ4n) is 2.88. The molecule has 0 bridgehead atoms. The van der Waals surface area contributed by atoms with Gasteiger partial charge < -0.3 is 19.3 Å². The maximum absolute atomic E-state index is 12.2. The van der Waals surface area contributed by atoms with Gasteiger partial charge in [-0.2, -0.15) is 0 Å². The molecule has 2 rings (SSSR count). The maximum Gasteiger partial charge on any atom is 0.309 e. The van der Waals surface area contributed by atoms with Crippen molar-refractivity contribution in [1.82, 2.24) is 0 Å². The van der Waals surface area contributed by atoms with Crippen molar-refractivity contribution >= 4 is 5.97 Å². The van der Waals surface area contributed by atoms with Crippen molar-refractivity contribution in [2.75, 3.05) is 13.2 Å². The average Bonchev–Trinajstić information content (AvgIpc) is 2.50. The fourth-order valence-corrected chi connectivity index (χ4v) is 2.88. The number of esters is 1. The van der Waals surface area contributed by atoms with Gasteiger partial charge in [0.05, 0.1) is 18.1 Å². The summed E-state index contributed by atoms with van der Waals surface area (Å²) in [6, 6.07) is 0. The van der Waals surface area contributed by atoms with Crippen molar-refractivity contribution in [1.29, 1.82) is 0 Å². The first-order valence-electron chi connectivity index (χ1n) is 7.86. The Morgan fingerprint density at radius 2 is 2.10 bits per heavy atom. The predicted molar refractivity (Wildman–Crippen MR) is 77.8 cm³/mol. The van der Waals surface area contributed by atoms with E-state index in [1.165, 1.54) is 0 Å². The van der Waals surface area contributed by atoms with Crippen LogP contribution in [0.15, 0.2) is 12.7 Å². The van der Waals surface area contributed by atoms with Gasteiger partial charge in [-0.1, -0.05) is 13.0 Å². The molecular weight excluding hydrogens is 272 g/mol. The molecule has 2 aliphatic heterocycles. The Kier molecular flexibility index (Phi) is 6.21. The van der Waals surface area contributed by atoms with E-state index in [4.69, 9.17) is 14.2 Å². The zero-order valence-corrected chi connectivity index (χ0v) is 12.7. The minimum Gasteiger partial charge on any atom is -0.459 e. The van der Waals surface area contributed by atoms with Gasteiger partial charge in [-0.05, 0) is 32.1 Å². The largest absolute Gasteiger partial charge is 0.459 e. The first-order valence-corrected chi connectivity index (χ1v) is 7.86. The Morgan fingerprint density at radius 3 is 2.81 bits per heavy atom. The van der Waals surface area contributed by atoms with Crippen LogP contribution in [0.1, 0.15) is 39.0 Å². The van der Waals surface area contributed by atoms with Gasteiger partial charge >= 0.3 is 5.97 Å². The summed E-state index contributed by atoms with van der Waals surface area (Å²) in [5.74, 6) is -0.547. The van der Waals surface area contributed by atoms with Crippen molar-refractivity contribution in [3.63, 3.8) is 0 Å². The smallest absolute Gasteiger partial charge is 0.309 e. The number of carbonyl (C=O) groups is 1. The van der Waals surface area contributed by atoms with E-state index in [9.17, 15) is 9.90 Å². The van der Waals surface area contributed by atoms with E-state index in [-0.39, 0.29) is 30.2 Å². The predicted octanol–water partition coefficient (Wildman–Crippen LogP) is 1.83. The molecule has 2 fully saturated rings. The van der Waals surface area contributed by atoms with E-state index in [2.05, 4.69) is 6.58 Å². The molecule has 0 aromatic heterocycles. The van der Waals surface area contributed by atoms with Crippen LogP contribution in [0, 0.1) is 5.92 Å². The molecule has 0 unspecified atom stereocenters. The van der Waals surface area contributed by atoms with E-state index in [1.54, 1.807) is 6.08 Å². The summed E-state index contributed by atoms with van der Waals surface area (Å²) in [6.07, 6.45) is 4.28. The Hall–Kier alpha value is -0.910. The first-order chi connectivity index (χ1) is 10.1. The van der Waals surface area contributed by atoms with Crippen LogP contribution in [-0.4, -0.2) is 48.7 Å². The van der Waals surface area contributed by atoms with Gasteiger partial charge in [-0.15, -0.1) is 6.58 Å². The minimum absolute atomic E-state index is 0.216. The normalized spacial score (nSPS) is 35.0. The highest BCUT2D eigenvalue weighted by Gasteiger charge is 2.32. The van der Waals surface area contributed by atoms with Crippen molar-refractivity contribution in [3.05, 3.63) is 12.7 Å². The number of carbonyl (C=O) groups excluding carboxylic acids is 1. The molecular formula is C16H26O5. The zero-order chi connectivity index (χ0) is 15.2. The van der Waals surface area contributed by atoms with E-state index in [0.717, 1.165) is 25.7 Å². The second-order valence-corrected chi connectivity index (χ2v) is 5.94. The second kappa shape index (κ2) is 7.92. The zero-order valence-electron chi connectivity index (χ0n) is 12.7. The Bertz CT molecular complexity index is 357. The lowest BCUT2D eigenvalue weighted by molar-refractivity contribution is -0.167. The topological polar surface area (TPSA) is 65.0 Å². The Balaban J connectivity index is 1.82. The molecule has 0 saturated carbocycles. The Morgan fingerprint density at radius 1 is 1.38 bits per heavy atom. The van der Waals surface area contributed by atoms with Crippen LogP contribution in [0.3, 0.4) is 0 Å². The molecule has 0 aliphatic carbocycles. The number of aliphatic hydroxyl groups is 1. The SMILES string of the molecule is C=C[C@H]1OCCC[C@@H]1OC(=O)[C@H](C)C[C@@H]1OCCC[C@H]1O. The lowest BCUT2D eigenvalue weighted by Crippen LogP contribution is -2.40. The highest BCUT2D eigenvalue weighted by atomic mass is 16.6. The quantitative estimate of drug-likeness (QED) is 0.619. The van der Waals surface area contributed by atoms with Crippen LogP contribution in [0.5, 0.6) is 0 Å². The second-order valence-electron chi connectivity index (χ2n) is 5.94. The average molecular weight is 298 g/mol. The number of hydrogen-bond donors (Lipinski definition) is 1. The van der Waals surface area contributed by atoms with Crippen LogP contribution in [0.25, 0.3) is 0 Å². The van der Waals surface area contributed by atoms with Gasteiger partial charge in [0.2, 0.25) is 0 Å². The molecule has 1 N–H and O–H groups in total. The molecule has 2 saturated heterocycles. The maximum atomic E-state index is 12.2. The van der Waals surface area contributed by atoms with Crippen LogP contribution >= 0.6 is 0 Å². The number of rotatable bonds is 5. The molecule has 2 aliphatic rings. The molecule has 0 aromatic carbocycles. The highest BCUT2D eigenvalue weighted by Crippen LogP contribution is 2.23. The van der Waals surface area contributed by atoms with Gasteiger partial charge in [0.25, 0.3) is 0 Å². The van der Waals surface area contributed by atoms with E-state index >= 15 is 0 Å². The summed E-state index contributed by atoms with van der Waals surface area (Å²) in [7, 11) is 0. The molecule has 0 amide bonds. The molecule has 21 heavy (non-hydrogen) atoms. The third-order valence-electron chi connectivity index (χ3n) is 4.20. The third kappa shape index (κ3) is 4.53. The van der Waals surface area contributed by atoms with Crippen molar-refractivity contribution in [2.24, 2.45) is 5.92 Å². The lowest BCUT2D eigenvalue weighted by atomic mass is 9.95. The van der Waals surface area contributed by atoms with Crippen molar-refractivity contribution in [2.45, 2.75) is 63.4 Å². The summed E-state index contributed by atoms with van der Waals surface area (Å²) in [4.78, 5) is 12.2. The number of aliphatic hydroxyl groups excluding tert-OH is 1. The van der Waals surface area contributed by atoms with Crippen molar-refractivity contribution in [3.8, 4) is 0 Å². The molecule has 0 aromatic rings. The molecule has 5 heteroatoms. The van der Waals surface area contributed by atoms with Crippen LogP contribution in [0.2, 0.25) is 0 Å². The molecule has 5 nitrogen and oxygen atoms in total. The lowest BCUT2D eigenvalue weighted by Gasteiger charge is -2.32. The summed E-state index contributed by atoms with van der Waals surface area (Å²) >= 11 is 0. The van der Waals surface area contributed by atoms with Gasteiger partial charge in [0, 0.05) is 13.2 Å². The van der Waals surface area contributed by atoms with Gasteiger partial charge in [-0.3, -0.25) is 4.79 Å². The highest BCUT2D eigenvalue weighted by molar-refractivity contribution is 5.72. The minimum atomic E-state index is -0.479.